The SMILES string of the molecule is NC(=S)c1ccc(Cn2cnc3cc4c(cc32)OCCO4)cc1. The largest absolute Gasteiger partial charge is 0.486 e. The minimum atomic E-state index is 0.411. The molecule has 2 heterocycles. The van der Waals surface area contributed by atoms with Crippen LogP contribution in [0, 0.1) is 0 Å². The second-order valence-corrected chi connectivity index (χ2v) is 5.86. The van der Waals surface area contributed by atoms with Crippen molar-refractivity contribution in [2.24, 2.45) is 5.73 Å². The average Bonchev–Trinajstić information content (AvgIpc) is 2.95. The van der Waals surface area contributed by atoms with E-state index in [1.807, 2.05) is 42.7 Å². The number of ether oxygens (including phenoxy) is 2. The molecular formula is C17H15N3O2S. The lowest BCUT2D eigenvalue weighted by Crippen LogP contribution is -2.15. The Morgan fingerprint density at radius 3 is 2.52 bits per heavy atom. The summed E-state index contributed by atoms with van der Waals surface area (Å²) in [4.78, 5) is 4.87. The Morgan fingerprint density at radius 1 is 1.13 bits per heavy atom. The van der Waals surface area contributed by atoms with E-state index in [4.69, 9.17) is 27.4 Å². The summed E-state index contributed by atoms with van der Waals surface area (Å²) in [5.41, 5.74) is 9.57. The van der Waals surface area contributed by atoms with Crippen LogP contribution in [0.4, 0.5) is 0 Å². The Kier molecular flexibility index (Phi) is 3.38. The van der Waals surface area contributed by atoms with E-state index in [1.165, 1.54) is 0 Å². The van der Waals surface area contributed by atoms with E-state index in [-0.39, 0.29) is 0 Å². The first kappa shape index (κ1) is 14.0. The number of aromatic nitrogens is 2. The van der Waals surface area contributed by atoms with Crippen molar-refractivity contribution in [3.63, 3.8) is 0 Å². The van der Waals surface area contributed by atoms with E-state index in [2.05, 4.69) is 9.55 Å². The van der Waals surface area contributed by atoms with Crippen LogP contribution >= 0.6 is 12.2 Å². The number of hydrogen-bond acceptors (Lipinski definition) is 4. The van der Waals surface area contributed by atoms with Crippen LogP contribution in [0.5, 0.6) is 11.5 Å². The summed E-state index contributed by atoms with van der Waals surface area (Å²) in [5, 5.41) is 0. The first-order valence-electron chi connectivity index (χ1n) is 7.34. The van der Waals surface area contributed by atoms with E-state index >= 15 is 0 Å². The fourth-order valence-corrected chi connectivity index (χ4v) is 2.83. The van der Waals surface area contributed by atoms with E-state index < -0.39 is 0 Å². The predicted molar refractivity (Wildman–Crippen MR) is 92.2 cm³/mol. The zero-order chi connectivity index (χ0) is 15.8. The van der Waals surface area contributed by atoms with Crippen molar-refractivity contribution in [2.45, 2.75) is 6.54 Å². The molecule has 3 aromatic rings. The molecule has 0 atom stereocenters. The third-order valence-electron chi connectivity index (χ3n) is 3.88. The summed E-state index contributed by atoms with van der Waals surface area (Å²) in [6.07, 6.45) is 1.83. The first-order chi connectivity index (χ1) is 11.2. The summed E-state index contributed by atoms with van der Waals surface area (Å²) in [7, 11) is 0. The molecule has 0 saturated heterocycles. The lowest BCUT2D eigenvalue weighted by Gasteiger charge is -2.18. The molecule has 0 fully saturated rings. The van der Waals surface area contributed by atoms with Crippen LogP contribution in [0.15, 0.2) is 42.7 Å². The highest BCUT2D eigenvalue weighted by molar-refractivity contribution is 7.80. The van der Waals surface area contributed by atoms with E-state index in [0.29, 0.717) is 24.7 Å². The molecule has 1 aliphatic rings. The molecule has 1 aromatic heterocycles. The highest BCUT2D eigenvalue weighted by atomic mass is 32.1. The molecule has 0 unspecified atom stereocenters. The molecule has 0 radical (unpaired) electrons. The standard InChI is InChI=1S/C17H15N3O2S/c18-17(23)12-3-1-11(2-4-12)9-20-10-19-13-7-15-16(8-14(13)20)22-6-5-21-15/h1-4,7-8,10H,5-6,9H2,(H2,18,23). The van der Waals surface area contributed by atoms with Gasteiger partial charge in [-0.25, -0.2) is 4.98 Å². The molecule has 0 saturated carbocycles. The molecule has 0 aliphatic carbocycles. The number of nitrogens with zero attached hydrogens (tertiary/aromatic N) is 2. The van der Waals surface area contributed by atoms with Crippen molar-refractivity contribution >= 4 is 28.2 Å². The molecule has 0 amide bonds. The van der Waals surface area contributed by atoms with Gasteiger partial charge in [-0.1, -0.05) is 36.5 Å². The number of imidazole rings is 1. The van der Waals surface area contributed by atoms with E-state index in [1.54, 1.807) is 0 Å². The van der Waals surface area contributed by atoms with E-state index in [9.17, 15) is 0 Å². The second kappa shape index (κ2) is 5.55. The van der Waals surface area contributed by atoms with Crippen molar-refractivity contribution in [3.8, 4) is 11.5 Å². The summed E-state index contributed by atoms with van der Waals surface area (Å²) in [5.74, 6) is 1.53. The minimum Gasteiger partial charge on any atom is -0.486 e. The normalized spacial score (nSPS) is 13.2. The zero-order valence-electron chi connectivity index (χ0n) is 12.4. The smallest absolute Gasteiger partial charge is 0.163 e. The first-order valence-corrected chi connectivity index (χ1v) is 7.75. The third kappa shape index (κ3) is 2.61. The van der Waals surface area contributed by atoms with Gasteiger partial charge < -0.3 is 19.8 Å². The monoisotopic (exact) mass is 325 g/mol. The maximum Gasteiger partial charge on any atom is 0.163 e. The molecule has 4 rings (SSSR count). The van der Waals surface area contributed by atoms with Crippen molar-refractivity contribution < 1.29 is 9.47 Å². The van der Waals surface area contributed by atoms with Gasteiger partial charge in [0.2, 0.25) is 0 Å². The van der Waals surface area contributed by atoms with Crippen molar-refractivity contribution in [1.29, 1.82) is 0 Å². The number of nitrogens with two attached hydrogens (primary N) is 1. The van der Waals surface area contributed by atoms with Gasteiger partial charge in [-0.15, -0.1) is 0 Å². The van der Waals surface area contributed by atoms with Gasteiger partial charge in [0, 0.05) is 24.2 Å². The molecule has 0 spiro atoms. The molecular weight excluding hydrogens is 310 g/mol. The Hall–Kier alpha value is -2.60. The highest BCUT2D eigenvalue weighted by Crippen LogP contribution is 2.34. The van der Waals surface area contributed by atoms with Gasteiger partial charge in [-0.3, -0.25) is 0 Å². The van der Waals surface area contributed by atoms with Gasteiger partial charge in [0.15, 0.2) is 11.5 Å². The van der Waals surface area contributed by atoms with Crippen LogP contribution in [0.25, 0.3) is 11.0 Å². The Bertz CT molecular complexity index is 887. The highest BCUT2D eigenvalue weighted by Gasteiger charge is 2.15. The van der Waals surface area contributed by atoms with Gasteiger partial charge in [-0.05, 0) is 5.56 Å². The molecule has 0 bridgehead atoms. The molecule has 1 aliphatic heterocycles. The number of fused-ring (bicyclic) bond motifs is 2. The van der Waals surface area contributed by atoms with Gasteiger partial charge in [-0.2, -0.15) is 0 Å². The molecule has 23 heavy (non-hydrogen) atoms. The van der Waals surface area contributed by atoms with Crippen molar-refractivity contribution in [3.05, 3.63) is 53.9 Å². The number of benzene rings is 2. The van der Waals surface area contributed by atoms with Crippen LogP contribution in [-0.4, -0.2) is 27.8 Å². The summed E-state index contributed by atoms with van der Waals surface area (Å²) in [6.45, 7) is 1.87. The molecule has 5 nitrogen and oxygen atoms in total. The van der Waals surface area contributed by atoms with Crippen LogP contribution in [0.3, 0.4) is 0 Å². The average molecular weight is 325 g/mol. The second-order valence-electron chi connectivity index (χ2n) is 5.42. The number of hydrogen-bond donors (Lipinski definition) is 1. The maximum atomic E-state index is 5.65. The molecule has 2 aromatic carbocycles. The fraction of sp³-hybridized carbons (Fsp3) is 0.176. The Labute approximate surface area is 138 Å². The Balaban J connectivity index is 1.67. The summed E-state index contributed by atoms with van der Waals surface area (Å²) >= 11 is 4.98. The Morgan fingerprint density at radius 2 is 1.83 bits per heavy atom. The number of thiocarbonyl (C=S) groups is 1. The quantitative estimate of drug-likeness (QED) is 0.750. The maximum absolute atomic E-state index is 5.65. The molecule has 6 heteroatoms. The molecule has 2 N–H and O–H groups in total. The topological polar surface area (TPSA) is 62.3 Å². The van der Waals surface area contributed by atoms with Crippen LogP contribution in [-0.2, 0) is 6.54 Å². The van der Waals surface area contributed by atoms with Gasteiger partial charge in [0.25, 0.3) is 0 Å². The lowest BCUT2D eigenvalue weighted by atomic mass is 10.1. The van der Waals surface area contributed by atoms with Crippen molar-refractivity contribution in [1.82, 2.24) is 9.55 Å². The van der Waals surface area contributed by atoms with Gasteiger partial charge in [0.05, 0.1) is 17.4 Å². The summed E-state index contributed by atoms with van der Waals surface area (Å²) < 4.78 is 13.3. The third-order valence-corrected chi connectivity index (χ3v) is 4.11. The van der Waals surface area contributed by atoms with Gasteiger partial charge in [0.1, 0.15) is 18.2 Å². The van der Waals surface area contributed by atoms with Crippen LogP contribution in [0.2, 0.25) is 0 Å². The molecule has 116 valence electrons. The minimum absolute atomic E-state index is 0.411. The predicted octanol–water partition coefficient (Wildman–Crippen LogP) is 2.49. The van der Waals surface area contributed by atoms with Crippen LogP contribution < -0.4 is 15.2 Å². The van der Waals surface area contributed by atoms with Crippen LogP contribution in [0.1, 0.15) is 11.1 Å². The lowest BCUT2D eigenvalue weighted by molar-refractivity contribution is 0.172. The zero-order valence-corrected chi connectivity index (χ0v) is 13.2. The summed E-state index contributed by atoms with van der Waals surface area (Å²) in [6, 6.07) is 11.8. The van der Waals surface area contributed by atoms with Gasteiger partial charge >= 0.3 is 0 Å². The van der Waals surface area contributed by atoms with E-state index in [0.717, 1.165) is 33.7 Å². The van der Waals surface area contributed by atoms with Crippen molar-refractivity contribution in [2.75, 3.05) is 13.2 Å². The number of rotatable bonds is 3. The fourth-order valence-electron chi connectivity index (χ4n) is 2.69.